The molecule has 0 aliphatic rings. The summed E-state index contributed by atoms with van der Waals surface area (Å²) in [5.41, 5.74) is 1.52. The van der Waals surface area contributed by atoms with Gasteiger partial charge in [0.25, 0.3) is 5.91 Å². The molecule has 3 rings (SSSR count). The molecule has 7 heteroatoms. The van der Waals surface area contributed by atoms with Crippen LogP contribution in [0.2, 0.25) is 0 Å². The number of anilines is 1. The lowest BCUT2D eigenvalue weighted by molar-refractivity contribution is 0.0983. The Morgan fingerprint density at radius 3 is 2.52 bits per heavy atom. The van der Waals surface area contributed by atoms with Crippen molar-refractivity contribution in [3.05, 3.63) is 47.4 Å². The number of aromatic nitrogens is 1. The lowest BCUT2D eigenvalue weighted by Gasteiger charge is -2.21. The number of nitrogens with zero attached hydrogens (tertiary/aromatic N) is 3. The van der Waals surface area contributed by atoms with Gasteiger partial charge in [-0.2, -0.15) is 0 Å². The number of hydrogen-bond donors (Lipinski definition) is 0. The van der Waals surface area contributed by atoms with Gasteiger partial charge in [-0.3, -0.25) is 9.69 Å². The lowest BCUT2D eigenvalue weighted by Crippen LogP contribution is -2.36. The van der Waals surface area contributed by atoms with Gasteiger partial charge in [0.2, 0.25) is 0 Å². The highest BCUT2D eigenvalue weighted by Gasteiger charge is 2.24. The van der Waals surface area contributed by atoms with Crippen LogP contribution in [0, 0.1) is 13.8 Å². The van der Waals surface area contributed by atoms with E-state index in [-0.39, 0.29) is 18.3 Å². The maximum atomic E-state index is 13.1. The van der Waals surface area contributed by atoms with Crippen LogP contribution in [-0.2, 0) is 0 Å². The molecular formula is C18H22ClN3O2S. The molecule has 0 atom stereocenters. The average Bonchev–Trinajstić information content (AvgIpc) is 3.09. The van der Waals surface area contributed by atoms with E-state index in [1.165, 1.54) is 11.3 Å². The van der Waals surface area contributed by atoms with Crippen molar-refractivity contribution in [2.75, 3.05) is 32.1 Å². The van der Waals surface area contributed by atoms with Gasteiger partial charge in [-0.1, -0.05) is 23.5 Å². The number of aryl methyl sites for hydroxylation is 2. The molecule has 25 heavy (non-hydrogen) atoms. The molecular weight excluding hydrogens is 358 g/mol. The van der Waals surface area contributed by atoms with Crippen LogP contribution < -0.4 is 4.90 Å². The number of hydrogen-bond acceptors (Lipinski definition) is 5. The molecule has 1 amide bonds. The minimum absolute atomic E-state index is 0. The molecule has 0 spiro atoms. The topological polar surface area (TPSA) is 49.6 Å². The van der Waals surface area contributed by atoms with Crippen molar-refractivity contribution in [1.82, 2.24) is 9.88 Å². The molecule has 0 aliphatic heterocycles. The van der Waals surface area contributed by atoms with E-state index in [4.69, 9.17) is 4.42 Å². The summed E-state index contributed by atoms with van der Waals surface area (Å²) in [6.45, 7) is 5.02. The molecule has 3 aromatic rings. The SMILES string of the molecule is Cc1cc(C(=O)N(CCN(C)C)c2nc3ccccc3s2)c(C)o1.Cl. The molecule has 1 aromatic carbocycles. The number of rotatable bonds is 5. The first-order chi connectivity index (χ1) is 11.5. The molecule has 0 saturated carbocycles. The van der Waals surface area contributed by atoms with E-state index in [9.17, 15) is 4.79 Å². The molecule has 134 valence electrons. The zero-order chi connectivity index (χ0) is 17.3. The number of benzene rings is 1. The molecule has 0 fully saturated rings. The predicted molar refractivity (Wildman–Crippen MR) is 105 cm³/mol. The predicted octanol–water partition coefficient (Wildman–Crippen LogP) is 4.14. The van der Waals surface area contributed by atoms with Crippen LogP contribution in [0.4, 0.5) is 5.13 Å². The van der Waals surface area contributed by atoms with E-state index >= 15 is 0 Å². The van der Waals surface area contributed by atoms with Gasteiger partial charge in [-0.15, -0.1) is 12.4 Å². The van der Waals surface area contributed by atoms with Crippen LogP contribution in [0.15, 0.2) is 34.7 Å². The Morgan fingerprint density at radius 1 is 1.20 bits per heavy atom. The molecule has 0 saturated heterocycles. The minimum Gasteiger partial charge on any atom is -0.466 e. The molecule has 0 bridgehead atoms. The summed E-state index contributed by atoms with van der Waals surface area (Å²) in [4.78, 5) is 21.5. The molecule has 5 nitrogen and oxygen atoms in total. The Kier molecular flexibility index (Phi) is 6.21. The number of carbonyl (C=O) groups excluding carboxylic acids is 1. The number of thiazole rings is 1. The summed E-state index contributed by atoms with van der Waals surface area (Å²) in [7, 11) is 3.99. The second kappa shape index (κ2) is 7.99. The van der Waals surface area contributed by atoms with Crippen LogP contribution in [-0.4, -0.2) is 43.0 Å². The first kappa shape index (κ1) is 19.4. The average molecular weight is 380 g/mol. The highest BCUT2D eigenvalue weighted by atomic mass is 35.5. The summed E-state index contributed by atoms with van der Waals surface area (Å²) < 4.78 is 6.61. The van der Waals surface area contributed by atoms with Gasteiger partial charge < -0.3 is 9.32 Å². The molecule has 0 aliphatic carbocycles. The Bertz CT molecular complexity index is 839. The van der Waals surface area contributed by atoms with Crippen LogP contribution >= 0.6 is 23.7 Å². The third-order valence-corrected chi connectivity index (χ3v) is 4.86. The molecule has 2 heterocycles. The Morgan fingerprint density at radius 2 is 1.92 bits per heavy atom. The van der Waals surface area contributed by atoms with Gasteiger partial charge in [0.15, 0.2) is 5.13 Å². The first-order valence-corrected chi connectivity index (χ1v) is 8.66. The fourth-order valence-electron chi connectivity index (χ4n) is 2.55. The summed E-state index contributed by atoms with van der Waals surface area (Å²) in [5.74, 6) is 1.33. The van der Waals surface area contributed by atoms with Crippen LogP contribution in [0.5, 0.6) is 0 Å². The van der Waals surface area contributed by atoms with Gasteiger partial charge in [0, 0.05) is 13.1 Å². The van der Waals surface area contributed by atoms with Gasteiger partial charge in [0.05, 0.1) is 15.8 Å². The Hall–Kier alpha value is -1.89. The van der Waals surface area contributed by atoms with Crippen molar-refractivity contribution in [3.8, 4) is 0 Å². The molecule has 0 radical (unpaired) electrons. The third-order valence-electron chi connectivity index (χ3n) is 3.80. The standard InChI is InChI=1S/C18H21N3O2S.ClH/c1-12-11-14(13(2)23-12)17(22)21(10-9-20(3)4)18-19-15-7-5-6-8-16(15)24-18;/h5-8,11H,9-10H2,1-4H3;1H. The molecule has 0 N–H and O–H groups in total. The first-order valence-electron chi connectivity index (χ1n) is 7.85. The Balaban J connectivity index is 0.00000225. The zero-order valence-electron chi connectivity index (χ0n) is 14.8. The van der Waals surface area contributed by atoms with Gasteiger partial charge in [0.1, 0.15) is 11.5 Å². The molecule has 0 unspecified atom stereocenters. The quantitative estimate of drug-likeness (QED) is 0.668. The summed E-state index contributed by atoms with van der Waals surface area (Å²) in [5, 5.41) is 0.723. The zero-order valence-corrected chi connectivity index (χ0v) is 16.4. The number of carbonyl (C=O) groups is 1. The summed E-state index contributed by atoms with van der Waals surface area (Å²) in [6, 6.07) is 9.74. The van der Waals surface area contributed by atoms with Crippen molar-refractivity contribution >= 4 is 45.0 Å². The normalized spacial score (nSPS) is 10.9. The Labute approximate surface area is 157 Å². The van der Waals surface area contributed by atoms with E-state index in [1.807, 2.05) is 52.2 Å². The fraction of sp³-hybridized carbons (Fsp3) is 0.333. The number of halogens is 1. The minimum atomic E-state index is -0.0646. The van der Waals surface area contributed by atoms with Crippen molar-refractivity contribution in [2.24, 2.45) is 0 Å². The van der Waals surface area contributed by atoms with Crippen molar-refractivity contribution in [1.29, 1.82) is 0 Å². The lowest BCUT2D eigenvalue weighted by atomic mass is 10.2. The van der Waals surface area contributed by atoms with Crippen molar-refractivity contribution in [2.45, 2.75) is 13.8 Å². The number of likely N-dealkylation sites (N-methyl/N-ethyl adjacent to an activating group) is 1. The molecule has 2 aromatic heterocycles. The monoisotopic (exact) mass is 379 g/mol. The van der Waals surface area contributed by atoms with Crippen molar-refractivity contribution in [3.63, 3.8) is 0 Å². The van der Waals surface area contributed by atoms with E-state index in [2.05, 4.69) is 9.88 Å². The fourth-order valence-corrected chi connectivity index (χ4v) is 3.54. The van der Waals surface area contributed by atoms with Gasteiger partial charge in [-0.25, -0.2) is 4.98 Å². The number of furan rings is 1. The highest BCUT2D eigenvalue weighted by Crippen LogP contribution is 2.30. The smallest absolute Gasteiger partial charge is 0.263 e. The van der Waals surface area contributed by atoms with Crippen LogP contribution in [0.1, 0.15) is 21.9 Å². The maximum Gasteiger partial charge on any atom is 0.263 e. The largest absolute Gasteiger partial charge is 0.466 e. The van der Waals surface area contributed by atoms with E-state index in [1.54, 1.807) is 11.0 Å². The second-order valence-electron chi connectivity index (χ2n) is 6.05. The van der Waals surface area contributed by atoms with Gasteiger partial charge >= 0.3 is 0 Å². The van der Waals surface area contributed by atoms with E-state index in [0.29, 0.717) is 17.9 Å². The summed E-state index contributed by atoms with van der Waals surface area (Å²) in [6.07, 6.45) is 0. The van der Waals surface area contributed by atoms with E-state index in [0.717, 1.165) is 27.7 Å². The summed E-state index contributed by atoms with van der Waals surface area (Å²) >= 11 is 1.54. The van der Waals surface area contributed by atoms with Crippen LogP contribution in [0.25, 0.3) is 10.2 Å². The third kappa shape index (κ3) is 4.21. The second-order valence-corrected chi connectivity index (χ2v) is 7.06. The number of fused-ring (bicyclic) bond motifs is 1. The highest BCUT2D eigenvalue weighted by molar-refractivity contribution is 7.22. The number of amides is 1. The van der Waals surface area contributed by atoms with Gasteiger partial charge in [-0.05, 0) is 46.1 Å². The van der Waals surface area contributed by atoms with Crippen LogP contribution in [0.3, 0.4) is 0 Å². The number of para-hydroxylation sites is 1. The maximum absolute atomic E-state index is 13.1. The van der Waals surface area contributed by atoms with E-state index < -0.39 is 0 Å². The van der Waals surface area contributed by atoms with Crippen molar-refractivity contribution < 1.29 is 9.21 Å².